The highest BCUT2D eigenvalue weighted by Gasteiger charge is 2.63. The van der Waals surface area contributed by atoms with E-state index >= 15 is 0 Å². The Hall–Kier alpha value is -2.33. The number of oxime groups is 1. The van der Waals surface area contributed by atoms with E-state index in [4.69, 9.17) is 16.4 Å². The van der Waals surface area contributed by atoms with Crippen LogP contribution in [0.25, 0.3) is 0 Å². The van der Waals surface area contributed by atoms with Gasteiger partial charge in [0.15, 0.2) is 6.61 Å². The van der Waals surface area contributed by atoms with Gasteiger partial charge in [0, 0.05) is 5.41 Å². The second-order valence-electron chi connectivity index (χ2n) is 10.5. The second-order valence-corrected chi connectivity index (χ2v) is 10.5. The number of fused-ring (bicyclic) bond motifs is 5. The zero-order valence-corrected chi connectivity index (χ0v) is 19.0. The summed E-state index contributed by atoms with van der Waals surface area (Å²) < 4.78 is 0. The van der Waals surface area contributed by atoms with Crippen LogP contribution in [-0.4, -0.2) is 46.6 Å². The first-order valence-corrected chi connectivity index (χ1v) is 11.7. The Kier molecular flexibility index (Phi) is 5.87. The van der Waals surface area contributed by atoms with Crippen molar-refractivity contribution in [1.29, 1.82) is 0 Å². The molecule has 174 valence electrons. The number of carboxylic acid groups (broad SMARTS) is 1. The Labute approximate surface area is 189 Å². The number of hydrogen-bond acceptors (Lipinski definition) is 5. The summed E-state index contributed by atoms with van der Waals surface area (Å²) in [6.45, 7) is 3.88. The molecule has 0 aromatic heterocycles. The van der Waals surface area contributed by atoms with Crippen LogP contribution in [0.4, 0.5) is 0 Å². The molecule has 7 heteroatoms. The Bertz CT molecular complexity index is 904. The van der Waals surface area contributed by atoms with Crippen LogP contribution < -0.4 is 5.32 Å². The lowest BCUT2D eigenvalue weighted by Gasteiger charge is -2.58. The zero-order chi connectivity index (χ0) is 23.1. The van der Waals surface area contributed by atoms with Crippen molar-refractivity contribution in [3.05, 3.63) is 11.6 Å². The van der Waals surface area contributed by atoms with E-state index in [-0.39, 0.29) is 17.4 Å². The molecule has 32 heavy (non-hydrogen) atoms. The van der Waals surface area contributed by atoms with Crippen molar-refractivity contribution in [3.8, 4) is 12.3 Å². The normalized spacial score (nSPS) is 41.5. The molecule has 3 saturated carbocycles. The summed E-state index contributed by atoms with van der Waals surface area (Å²) in [5, 5.41) is 26.1. The fourth-order valence-corrected chi connectivity index (χ4v) is 7.30. The van der Waals surface area contributed by atoms with E-state index in [9.17, 15) is 14.7 Å². The van der Waals surface area contributed by atoms with E-state index in [2.05, 4.69) is 36.3 Å². The van der Waals surface area contributed by atoms with E-state index < -0.39 is 24.0 Å². The SMILES string of the molecule is C#C[C@@]1(O)CC[C@@H]2[C@@H]3CCC4=CC(=NOCC(=O)NCC(=O)O)CC[C@]4(C)[C@H]3CC[C@@]21C. The molecule has 0 unspecified atom stereocenters. The van der Waals surface area contributed by atoms with Crippen molar-refractivity contribution in [3.63, 3.8) is 0 Å². The molecule has 7 nitrogen and oxygen atoms in total. The topological polar surface area (TPSA) is 108 Å². The van der Waals surface area contributed by atoms with Crippen LogP contribution in [0.15, 0.2) is 16.8 Å². The van der Waals surface area contributed by atoms with Crippen LogP contribution in [0.1, 0.15) is 65.2 Å². The number of rotatable bonds is 5. The summed E-state index contributed by atoms with van der Waals surface area (Å²) in [6.07, 6.45) is 15.6. The van der Waals surface area contributed by atoms with Crippen molar-refractivity contribution in [2.24, 2.45) is 33.7 Å². The van der Waals surface area contributed by atoms with Gasteiger partial charge in [-0.2, -0.15) is 0 Å². The van der Waals surface area contributed by atoms with E-state index in [0.29, 0.717) is 24.2 Å². The van der Waals surface area contributed by atoms with E-state index in [1.54, 1.807) is 0 Å². The highest BCUT2D eigenvalue weighted by atomic mass is 16.6. The fourth-order valence-electron chi connectivity index (χ4n) is 7.30. The highest BCUT2D eigenvalue weighted by Crippen LogP contribution is 2.67. The van der Waals surface area contributed by atoms with Gasteiger partial charge < -0.3 is 20.4 Å². The minimum atomic E-state index is -1.10. The van der Waals surface area contributed by atoms with Gasteiger partial charge >= 0.3 is 5.97 Å². The van der Waals surface area contributed by atoms with Crippen LogP contribution >= 0.6 is 0 Å². The summed E-state index contributed by atoms with van der Waals surface area (Å²) in [7, 11) is 0. The average molecular weight is 443 g/mol. The maximum Gasteiger partial charge on any atom is 0.322 e. The van der Waals surface area contributed by atoms with Crippen molar-refractivity contribution >= 4 is 17.6 Å². The molecule has 3 N–H and O–H groups in total. The van der Waals surface area contributed by atoms with E-state index in [1.165, 1.54) is 5.57 Å². The Morgan fingerprint density at radius 3 is 2.69 bits per heavy atom. The minimum absolute atomic E-state index is 0.124. The first-order valence-electron chi connectivity index (χ1n) is 11.7. The smallest absolute Gasteiger partial charge is 0.322 e. The lowest BCUT2D eigenvalue weighted by molar-refractivity contribution is -0.138. The van der Waals surface area contributed by atoms with Crippen molar-refractivity contribution in [2.45, 2.75) is 70.8 Å². The van der Waals surface area contributed by atoms with Gasteiger partial charge in [-0.25, -0.2) is 0 Å². The number of nitrogens with zero attached hydrogens (tertiary/aromatic N) is 1. The number of carbonyl (C=O) groups excluding carboxylic acids is 1. The van der Waals surface area contributed by atoms with Gasteiger partial charge in [-0.3, -0.25) is 9.59 Å². The molecular formula is C25H34N2O5. The van der Waals surface area contributed by atoms with Gasteiger partial charge in [0.2, 0.25) is 0 Å². The molecule has 4 rings (SSSR count). The Balaban J connectivity index is 1.44. The van der Waals surface area contributed by atoms with Gasteiger partial charge in [-0.15, -0.1) is 6.42 Å². The third kappa shape index (κ3) is 3.63. The van der Waals surface area contributed by atoms with Gasteiger partial charge in [0.1, 0.15) is 12.1 Å². The summed E-state index contributed by atoms with van der Waals surface area (Å²) >= 11 is 0. The largest absolute Gasteiger partial charge is 0.480 e. The monoisotopic (exact) mass is 442 g/mol. The van der Waals surface area contributed by atoms with Crippen molar-refractivity contribution in [1.82, 2.24) is 5.32 Å². The third-order valence-electron chi connectivity index (χ3n) is 9.18. The van der Waals surface area contributed by atoms with Crippen molar-refractivity contribution in [2.75, 3.05) is 13.2 Å². The second kappa shape index (κ2) is 8.22. The predicted molar refractivity (Wildman–Crippen MR) is 120 cm³/mol. The number of aliphatic hydroxyl groups is 1. The number of nitrogens with one attached hydrogen (secondary N) is 1. The van der Waals surface area contributed by atoms with E-state index in [1.807, 2.05) is 0 Å². The number of carbonyl (C=O) groups is 2. The highest BCUT2D eigenvalue weighted by molar-refractivity contribution is 5.96. The number of terminal acetylenes is 1. The average Bonchev–Trinajstić information content (AvgIpc) is 3.04. The van der Waals surface area contributed by atoms with Crippen LogP contribution in [0.5, 0.6) is 0 Å². The molecule has 0 spiro atoms. The van der Waals surface area contributed by atoms with Gasteiger partial charge in [-0.1, -0.05) is 30.5 Å². The van der Waals surface area contributed by atoms with Crippen molar-refractivity contribution < 1.29 is 24.6 Å². The first-order chi connectivity index (χ1) is 15.1. The predicted octanol–water partition coefficient (Wildman–Crippen LogP) is 2.89. The summed E-state index contributed by atoms with van der Waals surface area (Å²) in [5.74, 6) is 2.80. The molecule has 0 aliphatic heterocycles. The third-order valence-corrected chi connectivity index (χ3v) is 9.18. The lowest BCUT2D eigenvalue weighted by atomic mass is 9.46. The molecule has 3 fully saturated rings. The Morgan fingerprint density at radius 1 is 1.22 bits per heavy atom. The fraction of sp³-hybridized carbons (Fsp3) is 0.720. The van der Waals surface area contributed by atoms with Gasteiger partial charge in [-0.05, 0) is 80.6 Å². The number of carboxylic acids is 1. The van der Waals surface area contributed by atoms with Gasteiger partial charge in [0.25, 0.3) is 5.91 Å². The maximum absolute atomic E-state index is 11.6. The number of allylic oxidation sites excluding steroid dienone is 2. The summed E-state index contributed by atoms with van der Waals surface area (Å²) in [5.41, 5.74) is 1.22. The molecule has 1 amide bonds. The number of amides is 1. The molecule has 0 radical (unpaired) electrons. The summed E-state index contributed by atoms with van der Waals surface area (Å²) in [6, 6.07) is 0. The first kappa shape index (κ1) is 22.8. The molecule has 0 heterocycles. The molecule has 0 bridgehead atoms. The lowest BCUT2D eigenvalue weighted by Crippen LogP contribution is -2.54. The molecular weight excluding hydrogens is 408 g/mol. The van der Waals surface area contributed by atoms with E-state index in [0.717, 1.165) is 50.7 Å². The van der Waals surface area contributed by atoms with Crippen LogP contribution in [0, 0.1) is 40.9 Å². The standard InChI is InChI=1S/C25H34N2O5/c1-4-25(31)12-9-20-18-6-5-16-13-17(27-32-15-21(28)26-14-22(29)30)7-10-23(16,2)19(18)8-11-24(20,25)3/h1,13,18-20,31H,5-12,14-15H2,2-3H3,(H,26,28)(H,29,30)/t18-,19+,20-,23+,24+,25-/m1/s1. The number of hydrogen-bond donors (Lipinski definition) is 3. The van der Waals surface area contributed by atoms with Gasteiger partial charge in [0.05, 0.1) is 5.71 Å². The molecule has 0 aromatic rings. The minimum Gasteiger partial charge on any atom is -0.480 e. The quantitative estimate of drug-likeness (QED) is 0.448. The van der Waals surface area contributed by atoms with Crippen LogP contribution in [-0.2, 0) is 14.4 Å². The molecule has 0 aromatic carbocycles. The van der Waals surface area contributed by atoms with Crippen LogP contribution in [0.3, 0.4) is 0 Å². The molecule has 0 saturated heterocycles. The number of aliphatic carboxylic acids is 1. The molecule has 4 aliphatic carbocycles. The maximum atomic E-state index is 11.6. The Morgan fingerprint density at radius 2 is 1.97 bits per heavy atom. The molecule has 4 aliphatic rings. The summed E-state index contributed by atoms with van der Waals surface area (Å²) in [4.78, 5) is 27.3. The zero-order valence-electron chi connectivity index (χ0n) is 19.0. The molecule has 6 atom stereocenters. The van der Waals surface area contributed by atoms with Crippen LogP contribution in [0.2, 0.25) is 0 Å².